The number of hydrogen-bond acceptors (Lipinski definition) is 3. The summed E-state index contributed by atoms with van der Waals surface area (Å²) in [5, 5.41) is 7.13. The molecular weight excluding hydrogens is 234 g/mol. The van der Waals surface area contributed by atoms with Crippen molar-refractivity contribution >= 4 is 0 Å². The molecule has 0 radical (unpaired) electrons. The van der Waals surface area contributed by atoms with Gasteiger partial charge in [-0.25, -0.2) is 0 Å². The summed E-state index contributed by atoms with van der Waals surface area (Å²) in [5.41, 5.74) is 4.17. The van der Waals surface area contributed by atoms with Crippen LogP contribution in [-0.2, 0) is 0 Å². The van der Waals surface area contributed by atoms with Gasteiger partial charge in [0.05, 0.1) is 0 Å². The number of hydrogen-bond donors (Lipinski definition) is 2. The van der Waals surface area contributed by atoms with Crippen LogP contribution in [-0.4, -0.2) is 44.7 Å². The molecule has 2 rings (SSSR count). The molecule has 0 aliphatic carbocycles. The molecule has 0 amide bonds. The first-order valence-electron chi connectivity index (χ1n) is 7.26. The lowest BCUT2D eigenvalue weighted by Gasteiger charge is -2.33. The molecule has 0 saturated carbocycles. The van der Waals surface area contributed by atoms with Gasteiger partial charge in [0, 0.05) is 31.7 Å². The van der Waals surface area contributed by atoms with Crippen molar-refractivity contribution in [3.05, 3.63) is 34.9 Å². The monoisotopic (exact) mass is 261 g/mol. The summed E-state index contributed by atoms with van der Waals surface area (Å²) < 4.78 is 0. The van der Waals surface area contributed by atoms with Crippen LogP contribution < -0.4 is 10.6 Å². The topological polar surface area (TPSA) is 27.3 Å². The summed E-state index contributed by atoms with van der Waals surface area (Å²) in [7, 11) is 4.28. The van der Waals surface area contributed by atoms with E-state index >= 15 is 0 Å². The van der Waals surface area contributed by atoms with Crippen molar-refractivity contribution in [3.63, 3.8) is 0 Å². The van der Waals surface area contributed by atoms with Gasteiger partial charge in [0.15, 0.2) is 0 Å². The van der Waals surface area contributed by atoms with Crippen molar-refractivity contribution in [2.45, 2.75) is 32.4 Å². The molecule has 19 heavy (non-hydrogen) atoms. The number of rotatable bonds is 4. The Morgan fingerprint density at radius 3 is 2.89 bits per heavy atom. The quantitative estimate of drug-likeness (QED) is 0.866. The molecule has 1 aliphatic rings. The molecule has 1 fully saturated rings. The number of nitrogens with zero attached hydrogens (tertiary/aromatic N) is 1. The summed E-state index contributed by atoms with van der Waals surface area (Å²) >= 11 is 0. The zero-order chi connectivity index (χ0) is 13.8. The van der Waals surface area contributed by atoms with Gasteiger partial charge in [0.2, 0.25) is 0 Å². The number of aryl methyl sites for hydroxylation is 2. The van der Waals surface area contributed by atoms with E-state index in [1.54, 1.807) is 0 Å². The van der Waals surface area contributed by atoms with Gasteiger partial charge >= 0.3 is 0 Å². The first-order chi connectivity index (χ1) is 9.10. The standard InChI is InChI=1S/C16H27N3/c1-12-5-6-13(2)15(9-12)16(17-3)10-14-11-19(4)8-7-18-14/h5-6,9,14,16-18H,7-8,10-11H2,1-4H3. The lowest BCUT2D eigenvalue weighted by Crippen LogP contribution is -2.50. The van der Waals surface area contributed by atoms with Crippen LogP contribution in [0.15, 0.2) is 18.2 Å². The molecule has 1 aliphatic heterocycles. The van der Waals surface area contributed by atoms with Crippen molar-refractivity contribution in [1.29, 1.82) is 0 Å². The molecule has 1 heterocycles. The summed E-state index contributed by atoms with van der Waals surface area (Å²) in [5.74, 6) is 0. The van der Waals surface area contributed by atoms with Crippen LogP contribution in [0.4, 0.5) is 0 Å². The number of likely N-dealkylation sites (N-methyl/N-ethyl adjacent to an activating group) is 1. The minimum atomic E-state index is 0.434. The van der Waals surface area contributed by atoms with Gasteiger partial charge in [-0.05, 0) is 45.5 Å². The number of piperazine rings is 1. The fourth-order valence-electron chi connectivity index (χ4n) is 2.97. The van der Waals surface area contributed by atoms with Crippen LogP contribution in [0.1, 0.15) is 29.2 Å². The molecule has 106 valence electrons. The highest BCUT2D eigenvalue weighted by atomic mass is 15.2. The third kappa shape index (κ3) is 3.78. The highest BCUT2D eigenvalue weighted by Gasteiger charge is 2.21. The fourth-order valence-corrected chi connectivity index (χ4v) is 2.97. The molecule has 1 aromatic rings. The van der Waals surface area contributed by atoms with E-state index in [-0.39, 0.29) is 0 Å². The third-order valence-electron chi connectivity index (χ3n) is 4.14. The van der Waals surface area contributed by atoms with Gasteiger partial charge in [0.25, 0.3) is 0 Å². The molecule has 1 saturated heterocycles. The van der Waals surface area contributed by atoms with Crippen molar-refractivity contribution in [2.24, 2.45) is 0 Å². The Bertz CT molecular complexity index is 416. The van der Waals surface area contributed by atoms with Crippen molar-refractivity contribution in [1.82, 2.24) is 15.5 Å². The first kappa shape index (κ1) is 14.5. The average Bonchev–Trinajstić information content (AvgIpc) is 2.39. The highest BCUT2D eigenvalue weighted by molar-refractivity contribution is 5.33. The zero-order valence-electron chi connectivity index (χ0n) is 12.7. The van der Waals surface area contributed by atoms with Crippen LogP contribution >= 0.6 is 0 Å². The Labute approximate surface area is 117 Å². The smallest absolute Gasteiger partial charge is 0.0335 e. The van der Waals surface area contributed by atoms with Crippen LogP contribution in [0.25, 0.3) is 0 Å². The van der Waals surface area contributed by atoms with E-state index < -0.39 is 0 Å². The molecule has 2 atom stereocenters. The predicted octanol–water partition coefficient (Wildman–Crippen LogP) is 1.86. The van der Waals surface area contributed by atoms with Crippen molar-refractivity contribution < 1.29 is 0 Å². The van der Waals surface area contributed by atoms with Gasteiger partial charge in [-0.2, -0.15) is 0 Å². The molecule has 2 unspecified atom stereocenters. The van der Waals surface area contributed by atoms with E-state index in [4.69, 9.17) is 0 Å². The SMILES string of the molecule is CNC(CC1CN(C)CCN1)c1cc(C)ccc1C. The fraction of sp³-hybridized carbons (Fsp3) is 0.625. The molecule has 0 aromatic heterocycles. The summed E-state index contributed by atoms with van der Waals surface area (Å²) in [6.07, 6.45) is 1.14. The minimum absolute atomic E-state index is 0.434. The van der Waals surface area contributed by atoms with E-state index in [0.717, 1.165) is 26.1 Å². The van der Waals surface area contributed by atoms with Crippen LogP contribution in [0.2, 0.25) is 0 Å². The zero-order valence-corrected chi connectivity index (χ0v) is 12.7. The molecule has 1 aromatic carbocycles. The van der Waals surface area contributed by atoms with Gasteiger partial charge in [0.1, 0.15) is 0 Å². The van der Waals surface area contributed by atoms with Gasteiger partial charge in [-0.1, -0.05) is 23.8 Å². The molecule has 3 nitrogen and oxygen atoms in total. The van der Waals surface area contributed by atoms with Crippen LogP contribution in [0, 0.1) is 13.8 Å². The summed E-state index contributed by atoms with van der Waals surface area (Å²) in [4.78, 5) is 2.41. The Kier molecular flexibility index (Phi) is 4.97. The molecule has 0 bridgehead atoms. The first-order valence-corrected chi connectivity index (χ1v) is 7.26. The van der Waals surface area contributed by atoms with Crippen LogP contribution in [0.3, 0.4) is 0 Å². The van der Waals surface area contributed by atoms with Gasteiger partial charge in [-0.3, -0.25) is 0 Å². The second-order valence-electron chi connectivity index (χ2n) is 5.85. The largest absolute Gasteiger partial charge is 0.313 e. The second-order valence-corrected chi connectivity index (χ2v) is 5.85. The normalized spacial score (nSPS) is 22.4. The summed E-state index contributed by atoms with van der Waals surface area (Å²) in [6, 6.07) is 7.76. The Hall–Kier alpha value is -0.900. The van der Waals surface area contributed by atoms with Crippen LogP contribution in [0.5, 0.6) is 0 Å². The van der Waals surface area contributed by atoms with Gasteiger partial charge in [-0.15, -0.1) is 0 Å². The van der Waals surface area contributed by atoms with Crippen molar-refractivity contribution in [2.75, 3.05) is 33.7 Å². The van der Waals surface area contributed by atoms with E-state index in [1.165, 1.54) is 16.7 Å². The number of benzene rings is 1. The van der Waals surface area contributed by atoms with E-state index in [0.29, 0.717) is 12.1 Å². The Morgan fingerprint density at radius 1 is 1.42 bits per heavy atom. The van der Waals surface area contributed by atoms with Gasteiger partial charge < -0.3 is 15.5 Å². The highest BCUT2D eigenvalue weighted by Crippen LogP contribution is 2.23. The molecule has 3 heteroatoms. The maximum atomic E-state index is 3.64. The Balaban J connectivity index is 2.09. The molecule has 2 N–H and O–H groups in total. The lowest BCUT2D eigenvalue weighted by molar-refractivity contribution is 0.221. The van der Waals surface area contributed by atoms with Crippen molar-refractivity contribution in [3.8, 4) is 0 Å². The predicted molar refractivity (Wildman–Crippen MR) is 81.6 cm³/mol. The average molecular weight is 261 g/mol. The minimum Gasteiger partial charge on any atom is -0.313 e. The van der Waals surface area contributed by atoms with E-state index in [2.05, 4.69) is 61.7 Å². The lowest BCUT2D eigenvalue weighted by atomic mass is 9.93. The van der Waals surface area contributed by atoms with E-state index in [9.17, 15) is 0 Å². The summed E-state index contributed by atoms with van der Waals surface area (Å²) in [6.45, 7) is 7.78. The maximum absolute atomic E-state index is 3.64. The second kappa shape index (κ2) is 6.51. The Morgan fingerprint density at radius 2 is 2.21 bits per heavy atom. The third-order valence-corrected chi connectivity index (χ3v) is 4.14. The number of nitrogens with one attached hydrogen (secondary N) is 2. The van der Waals surface area contributed by atoms with E-state index in [1.807, 2.05) is 0 Å². The maximum Gasteiger partial charge on any atom is 0.0335 e. The molecule has 0 spiro atoms. The molecular formula is C16H27N3.